The van der Waals surface area contributed by atoms with Crippen LogP contribution >= 0.6 is 0 Å². The largest absolute Gasteiger partial charge is 0.0622 e. The molecule has 0 aliphatic rings. The Morgan fingerprint density at radius 2 is 1.05 bits per heavy atom. The minimum absolute atomic E-state index is 1.27. The van der Waals surface area contributed by atoms with Crippen molar-refractivity contribution in [2.45, 2.75) is 13.8 Å². The molecule has 4 aromatic carbocycles. The van der Waals surface area contributed by atoms with E-state index in [0.717, 1.165) is 0 Å². The molecule has 0 bridgehead atoms. The van der Waals surface area contributed by atoms with E-state index in [9.17, 15) is 0 Å². The molecule has 106 valence electrons. The van der Waals surface area contributed by atoms with Crippen LogP contribution in [0.1, 0.15) is 11.1 Å². The molecule has 22 heavy (non-hydrogen) atoms. The summed E-state index contributed by atoms with van der Waals surface area (Å²) in [6, 6.07) is 26.2. The maximum atomic E-state index is 2.33. The molecule has 0 aliphatic heterocycles. The quantitative estimate of drug-likeness (QED) is 0.360. The van der Waals surface area contributed by atoms with Crippen molar-refractivity contribution in [2.75, 3.05) is 0 Å². The van der Waals surface area contributed by atoms with Gasteiger partial charge in [0.05, 0.1) is 0 Å². The standard InChI is InChI=1S/C22H18/c1-15-16(2)20-13-12-18(17-8-4-3-5-9-17)14-22(20)21-11-7-6-10-19(15)21/h3-14H,1-2H3. The molecule has 0 spiro atoms. The second-order valence-electron chi connectivity index (χ2n) is 5.92. The van der Waals surface area contributed by atoms with E-state index in [4.69, 9.17) is 0 Å². The van der Waals surface area contributed by atoms with Gasteiger partial charge in [-0.1, -0.05) is 66.7 Å². The molecule has 0 saturated heterocycles. The molecule has 0 heterocycles. The fraction of sp³-hybridized carbons (Fsp3) is 0.0909. The van der Waals surface area contributed by atoms with Crippen molar-refractivity contribution in [3.63, 3.8) is 0 Å². The van der Waals surface area contributed by atoms with Gasteiger partial charge in [0.25, 0.3) is 0 Å². The summed E-state index contributed by atoms with van der Waals surface area (Å²) < 4.78 is 0. The molecular weight excluding hydrogens is 264 g/mol. The van der Waals surface area contributed by atoms with Crippen molar-refractivity contribution in [3.8, 4) is 11.1 Å². The molecule has 0 atom stereocenters. The summed E-state index contributed by atoms with van der Waals surface area (Å²) in [5.74, 6) is 0. The highest BCUT2D eigenvalue weighted by Gasteiger charge is 2.09. The summed E-state index contributed by atoms with van der Waals surface area (Å²) in [7, 11) is 0. The van der Waals surface area contributed by atoms with Crippen LogP contribution < -0.4 is 0 Å². The molecule has 0 aromatic heterocycles. The van der Waals surface area contributed by atoms with Crippen LogP contribution in [0.4, 0.5) is 0 Å². The van der Waals surface area contributed by atoms with Crippen molar-refractivity contribution in [3.05, 3.63) is 83.9 Å². The molecule has 0 N–H and O–H groups in total. The Kier molecular flexibility index (Phi) is 2.97. The van der Waals surface area contributed by atoms with Gasteiger partial charge in [-0.3, -0.25) is 0 Å². The third-order valence-electron chi connectivity index (χ3n) is 4.71. The zero-order chi connectivity index (χ0) is 15.1. The van der Waals surface area contributed by atoms with E-state index < -0.39 is 0 Å². The van der Waals surface area contributed by atoms with Gasteiger partial charge in [0, 0.05) is 0 Å². The molecule has 0 fully saturated rings. The monoisotopic (exact) mass is 282 g/mol. The Balaban J connectivity index is 2.12. The Bertz CT molecular complexity index is 979. The molecule has 0 heteroatoms. The van der Waals surface area contributed by atoms with Gasteiger partial charge in [0.15, 0.2) is 0 Å². The molecule has 0 saturated carbocycles. The van der Waals surface area contributed by atoms with Crippen molar-refractivity contribution in [2.24, 2.45) is 0 Å². The predicted octanol–water partition coefficient (Wildman–Crippen LogP) is 6.28. The van der Waals surface area contributed by atoms with E-state index >= 15 is 0 Å². The third kappa shape index (κ3) is 1.92. The third-order valence-corrected chi connectivity index (χ3v) is 4.71. The molecule has 4 rings (SSSR count). The van der Waals surface area contributed by atoms with Gasteiger partial charge >= 0.3 is 0 Å². The van der Waals surface area contributed by atoms with Crippen LogP contribution in [0.25, 0.3) is 32.7 Å². The van der Waals surface area contributed by atoms with Crippen LogP contribution in [0, 0.1) is 13.8 Å². The predicted molar refractivity (Wildman–Crippen MR) is 96.4 cm³/mol. The molecule has 0 unspecified atom stereocenters. The van der Waals surface area contributed by atoms with Gasteiger partial charge in [-0.05, 0) is 63.7 Å². The number of rotatable bonds is 1. The fourth-order valence-corrected chi connectivity index (χ4v) is 3.35. The molecular formula is C22H18. The van der Waals surface area contributed by atoms with E-state index in [2.05, 4.69) is 86.6 Å². The van der Waals surface area contributed by atoms with Crippen LogP contribution in [-0.4, -0.2) is 0 Å². The summed E-state index contributed by atoms with van der Waals surface area (Å²) in [5, 5.41) is 5.41. The van der Waals surface area contributed by atoms with Crippen molar-refractivity contribution in [1.29, 1.82) is 0 Å². The molecule has 0 radical (unpaired) electrons. The fourth-order valence-electron chi connectivity index (χ4n) is 3.35. The van der Waals surface area contributed by atoms with Gasteiger partial charge in [-0.15, -0.1) is 0 Å². The lowest BCUT2D eigenvalue weighted by Crippen LogP contribution is -1.89. The number of hydrogen-bond acceptors (Lipinski definition) is 0. The van der Waals surface area contributed by atoms with Gasteiger partial charge in [-0.25, -0.2) is 0 Å². The van der Waals surface area contributed by atoms with E-state index in [-0.39, 0.29) is 0 Å². The second kappa shape index (κ2) is 4.99. The highest BCUT2D eigenvalue weighted by Crippen LogP contribution is 2.34. The van der Waals surface area contributed by atoms with E-state index in [0.29, 0.717) is 0 Å². The SMILES string of the molecule is Cc1c(C)c2ccc(-c3ccccc3)cc2c2ccccc12. The minimum atomic E-state index is 1.27. The van der Waals surface area contributed by atoms with Crippen LogP contribution in [0.2, 0.25) is 0 Å². The van der Waals surface area contributed by atoms with Crippen molar-refractivity contribution >= 4 is 21.5 Å². The highest BCUT2D eigenvalue weighted by atomic mass is 14.1. The smallest absolute Gasteiger partial charge is 0.00964 e. The maximum Gasteiger partial charge on any atom is -0.00964 e. The first-order valence-corrected chi connectivity index (χ1v) is 7.73. The van der Waals surface area contributed by atoms with Crippen molar-refractivity contribution < 1.29 is 0 Å². The van der Waals surface area contributed by atoms with Gasteiger partial charge < -0.3 is 0 Å². The number of aryl methyl sites for hydroxylation is 2. The highest BCUT2D eigenvalue weighted by molar-refractivity contribution is 6.11. The lowest BCUT2D eigenvalue weighted by Gasteiger charge is -2.13. The first-order chi connectivity index (χ1) is 10.8. The van der Waals surface area contributed by atoms with Crippen LogP contribution in [0.5, 0.6) is 0 Å². The lowest BCUT2D eigenvalue weighted by atomic mass is 9.91. The minimum Gasteiger partial charge on any atom is -0.0622 e. The topological polar surface area (TPSA) is 0 Å². The zero-order valence-electron chi connectivity index (χ0n) is 12.9. The Morgan fingerprint density at radius 1 is 0.455 bits per heavy atom. The normalized spacial score (nSPS) is 11.2. The first-order valence-electron chi connectivity index (χ1n) is 7.73. The molecule has 0 nitrogen and oxygen atoms in total. The van der Waals surface area contributed by atoms with Crippen LogP contribution in [-0.2, 0) is 0 Å². The Hall–Kier alpha value is -2.60. The number of benzene rings is 4. The molecule has 0 aliphatic carbocycles. The average Bonchev–Trinajstić information content (AvgIpc) is 2.60. The summed E-state index contributed by atoms with van der Waals surface area (Å²) in [6.45, 7) is 4.45. The second-order valence-corrected chi connectivity index (χ2v) is 5.92. The Morgan fingerprint density at radius 3 is 1.77 bits per heavy atom. The van der Waals surface area contributed by atoms with Gasteiger partial charge in [0.1, 0.15) is 0 Å². The van der Waals surface area contributed by atoms with Crippen LogP contribution in [0.15, 0.2) is 72.8 Å². The Labute approximate surface area is 131 Å². The average molecular weight is 282 g/mol. The van der Waals surface area contributed by atoms with E-state index in [1.165, 1.54) is 43.8 Å². The van der Waals surface area contributed by atoms with Crippen LogP contribution in [0.3, 0.4) is 0 Å². The maximum absolute atomic E-state index is 2.33. The molecule has 4 aromatic rings. The number of hydrogen-bond donors (Lipinski definition) is 0. The number of fused-ring (bicyclic) bond motifs is 3. The van der Waals surface area contributed by atoms with Gasteiger partial charge in [0.2, 0.25) is 0 Å². The summed E-state index contributed by atoms with van der Waals surface area (Å²) in [6.07, 6.45) is 0. The lowest BCUT2D eigenvalue weighted by molar-refractivity contribution is 1.41. The first kappa shape index (κ1) is 13.1. The zero-order valence-corrected chi connectivity index (χ0v) is 12.9. The summed E-state index contributed by atoms with van der Waals surface area (Å²) in [4.78, 5) is 0. The van der Waals surface area contributed by atoms with E-state index in [1.54, 1.807) is 0 Å². The van der Waals surface area contributed by atoms with E-state index in [1.807, 2.05) is 0 Å². The summed E-state index contributed by atoms with van der Waals surface area (Å²) >= 11 is 0. The van der Waals surface area contributed by atoms with Gasteiger partial charge in [-0.2, -0.15) is 0 Å². The van der Waals surface area contributed by atoms with Crippen molar-refractivity contribution in [1.82, 2.24) is 0 Å². The molecule has 0 amide bonds. The summed E-state index contributed by atoms with van der Waals surface area (Å²) in [5.41, 5.74) is 5.32.